The van der Waals surface area contributed by atoms with Crippen LogP contribution in [0.2, 0.25) is 0 Å². The van der Waals surface area contributed by atoms with Crippen molar-refractivity contribution in [2.24, 2.45) is 5.92 Å². The number of alkyl halides is 1. The molecule has 1 amide bonds. The molecule has 0 saturated carbocycles. The van der Waals surface area contributed by atoms with E-state index in [1.807, 2.05) is 0 Å². The van der Waals surface area contributed by atoms with Crippen LogP contribution < -0.4 is 5.32 Å². The molecule has 3 nitrogen and oxygen atoms in total. The summed E-state index contributed by atoms with van der Waals surface area (Å²) in [4.78, 5) is 13.1. The first-order valence-corrected chi connectivity index (χ1v) is 5.27. The van der Waals surface area contributed by atoms with Gasteiger partial charge in [0.1, 0.15) is 5.88 Å². The van der Waals surface area contributed by atoms with Crippen LogP contribution >= 0.6 is 11.6 Å². The largest absolute Gasteiger partial charge is 0.355 e. The van der Waals surface area contributed by atoms with Gasteiger partial charge < -0.3 is 10.2 Å². The first-order valence-electron chi connectivity index (χ1n) is 4.73. The first kappa shape index (κ1) is 10.8. The predicted octanol–water partition coefficient (Wildman–Crippen LogP) is 0.683. The van der Waals surface area contributed by atoms with Crippen LogP contribution in [0.25, 0.3) is 0 Å². The van der Waals surface area contributed by atoms with Crippen molar-refractivity contribution in [2.45, 2.75) is 12.8 Å². The van der Waals surface area contributed by atoms with Crippen LogP contribution in [-0.2, 0) is 4.79 Å². The van der Waals surface area contributed by atoms with E-state index in [1.54, 1.807) is 0 Å². The predicted molar refractivity (Wildman–Crippen MR) is 54.0 cm³/mol. The molecule has 4 heteroatoms. The molecule has 0 bridgehead atoms. The summed E-state index contributed by atoms with van der Waals surface area (Å²) in [6.45, 7) is 3.12. The second-order valence-electron chi connectivity index (χ2n) is 3.69. The van der Waals surface area contributed by atoms with E-state index < -0.39 is 0 Å². The van der Waals surface area contributed by atoms with E-state index in [4.69, 9.17) is 11.6 Å². The van der Waals surface area contributed by atoms with Crippen LogP contribution in [0.3, 0.4) is 0 Å². The lowest BCUT2D eigenvalue weighted by Gasteiger charge is -2.10. The van der Waals surface area contributed by atoms with Gasteiger partial charge in [-0.15, -0.1) is 11.6 Å². The number of rotatable bonds is 4. The highest BCUT2D eigenvalue weighted by Crippen LogP contribution is 2.16. The lowest BCUT2D eigenvalue weighted by Crippen LogP contribution is -2.27. The molecule has 1 rings (SSSR count). The molecule has 13 heavy (non-hydrogen) atoms. The summed E-state index contributed by atoms with van der Waals surface area (Å²) in [5, 5.41) is 2.78. The van der Waals surface area contributed by atoms with Gasteiger partial charge in [0.2, 0.25) is 5.91 Å². The Morgan fingerprint density at radius 3 is 3.00 bits per heavy atom. The molecule has 0 aromatic heterocycles. The van der Waals surface area contributed by atoms with E-state index in [0.29, 0.717) is 0 Å². The van der Waals surface area contributed by atoms with Crippen molar-refractivity contribution in [3.8, 4) is 0 Å². The van der Waals surface area contributed by atoms with Gasteiger partial charge in [0, 0.05) is 13.1 Å². The first-order chi connectivity index (χ1) is 6.22. The highest BCUT2D eigenvalue weighted by molar-refractivity contribution is 6.27. The maximum absolute atomic E-state index is 10.8. The van der Waals surface area contributed by atoms with Gasteiger partial charge in [-0.1, -0.05) is 0 Å². The molecule has 0 spiro atoms. The SMILES string of the molecule is CN1CCC(CCNC(=O)CCl)C1. The quantitative estimate of drug-likeness (QED) is 0.684. The summed E-state index contributed by atoms with van der Waals surface area (Å²) in [5.74, 6) is 0.763. The average molecular weight is 205 g/mol. The Bertz CT molecular complexity index is 175. The molecule has 1 N–H and O–H groups in total. The smallest absolute Gasteiger partial charge is 0.234 e. The second kappa shape index (κ2) is 5.45. The fraction of sp³-hybridized carbons (Fsp3) is 0.889. The summed E-state index contributed by atoms with van der Waals surface area (Å²) in [6, 6.07) is 0. The van der Waals surface area contributed by atoms with Gasteiger partial charge >= 0.3 is 0 Å². The molecule has 0 radical (unpaired) electrons. The third kappa shape index (κ3) is 3.96. The molecular formula is C9H17ClN2O. The number of likely N-dealkylation sites (tertiary alicyclic amines) is 1. The van der Waals surface area contributed by atoms with E-state index in [0.717, 1.165) is 25.4 Å². The summed E-state index contributed by atoms with van der Waals surface area (Å²) in [6.07, 6.45) is 2.33. The fourth-order valence-electron chi connectivity index (χ4n) is 1.72. The van der Waals surface area contributed by atoms with Crippen molar-refractivity contribution in [2.75, 3.05) is 32.6 Å². The number of halogens is 1. The minimum atomic E-state index is -0.0620. The van der Waals surface area contributed by atoms with Gasteiger partial charge in [-0.2, -0.15) is 0 Å². The van der Waals surface area contributed by atoms with Gasteiger partial charge in [0.15, 0.2) is 0 Å². The number of amides is 1. The third-order valence-corrected chi connectivity index (χ3v) is 2.73. The molecule has 1 saturated heterocycles. The summed E-state index contributed by atoms with van der Waals surface area (Å²) in [7, 11) is 2.14. The third-order valence-electron chi connectivity index (χ3n) is 2.49. The van der Waals surface area contributed by atoms with Gasteiger partial charge in [0.05, 0.1) is 0 Å². The van der Waals surface area contributed by atoms with Crippen molar-refractivity contribution in [3.05, 3.63) is 0 Å². The van der Waals surface area contributed by atoms with Crippen molar-refractivity contribution in [1.29, 1.82) is 0 Å². The van der Waals surface area contributed by atoms with Crippen molar-refractivity contribution < 1.29 is 4.79 Å². The molecule has 1 aliphatic rings. The van der Waals surface area contributed by atoms with Crippen LogP contribution in [0.4, 0.5) is 0 Å². The summed E-state index contributed by atoms with van der Waals surface area (Å²) in [5.41, 5.74) is 0. The molecule has 1 unspecified atom stereocenters. The normalized spacial score (nSPS) is 23.4. The van der Waals surface area contributed by atoms with Crippen LogP contribution in [0.15, 0.2) is 0 Å². The zero-order valence-electron chi connectivity index (χ0n) is 8.05. The molecule has 0 aliphatic carbocycles. The number of carbonyl (C=O) groups excluding carboxylic acids is 1. The van der Waals surface area contributed by atoms with E-state index in [1.165, 1.54) is 13.0 Å². The summed E-state index contributed by atoms with van der Waals surface area (Å²) < 4.78 is 0. The number of hydrogen-bond donors (Lipinski definition) is 1. The zero-order chi connectivity index (χ0) is 9.68. The molecule has 76 valence electrons. The van der Waals surface area contributed by atoms with E-state index >= 15 is 0 Å². The van der Waals surface area contributed by atoms with Gasteiger partial charge in [-0.25, -0.2) is 0 Å². The van der Waals surface area contributed by atoms with Crippen molar-refractivity contribution in [1.82, 2.24) is 10.2 Å². The minimum absolute atomic E-state index is 0.0620. The maximum Gasteiger partial charge on any atom is 0.234 e. The Balaban J connectivity index is 2.03. The highest BCUT2D eigenvalue weighted by atomic mass is 35.5. The summed E-state index contributed by atoms with van der Waals surface area (Å²) >= 11 is 5.35. The minimum Gasteiger partial charge on any atom is -0.355 e. The standard InChI is InChI=1S/C9H17ClN2O/c1-12-5-3-8(7-12)2-4-11-9(13)6-10/h8H,2-7H2,1H3,(H,11,13). The van der Waals surface area contributed by atoms with Crippen molar-refractivity contribution in [3.63, 3.8) is 0 Å². The number of nitrogens with zero attached hydrogens (tertiary/aromatic N) is 1. The molecule has 0 aromatic rings. The molecular weight excluding hydrogens is 188 g/mol. The number of nitrogens with one attached hydrogen (secondary N) is 1. The maximum atomic E-state index is 10.8. The molecule has 1 fully saturated rings. The van der Waals surface area contributed by atoms with Crippen LogP contribution in [0.5, 0.6) is 0 Å². The van der Waals surface area contributed by atoms with Crippen molar-refractivity contribution >= 4 is 17.5 Å². The van der Waals surface area contributed by atoms with Gasteiger partial charge in [0.25, 0.3) is 0 Å². The average Bonchev–Trinajstić information content (AvgIpc) is 2.51. The molecule has 1 aliphatic heterocycles. The Labute approximate surface area is 84.4 Å². The number of hydrogen-bond acceptors (Lipinski definition) is 2. The Morgan fingerprint density at radius 2 is 2.46 bits per heavy atom. The lowest BCUT2D eigenvalue weighted by atomic mass is 10.1. The molecule has 1 heterocycles. The Kier molecular flexibility index (Phi) is 4.53. The monoisotopic (exact) mass is 204 g/mol. The topological polar surface area (TPSA) is 32.3 Å². The number of carbonyl (C=O) groups is 1. The molecule has 0 aromatic carbocycles. The van der Waals surface area contributed by atoms with E-state index in [9.17, 15) is 4.79 Å². The zero-order valence-corrected chi connectivity index (χ0v) is 8.81. The lowest BCUT2D eigenvalue weighted by molar-refractivity contribution is -0.118. The highest BCUT2D eigenvalue weighted by Gasteiger charge is 2.18. The van der Waals surface area contributed by atoms with Gasteiger partial charge in [-0.05, 0) is 32.4 Å². The van der Waals surface area contributed by atoms with E-state index in [2.05, 4.69) is 17.3 Å². The molecule has 1 atom stereocenters. The Morgan fingerprint density at radius 1 is 1.69 bits per heavy atom. The Hall–Kier alpha value is -0.280. The van der Waals surface area contributed by atoms with Crippen LogP contribution in [0.1, 0.15) is 12.8 Å². The van der Waals surface area contributed by atoms with Crippen LogP contribution in [-0.4, -0.2) is 43.4 Å². The second-order valence-corrected chi connectivity index (χ2v) is 3.96. The van der Waals surface area contributed by atoms with Gasteiger partial charge in [-0.3, -0.25) is 4.79 Å². The van der Waals surface area contributed by atoms with Crippen LogP contribution in [0, 0.1) is 5.92 Å². The fourth-order valence-corrected chi connectivity index (χ4v) is 1.82. The van der Waals surface area contributed by atoms with E-state index in [-0.39, 0.29) is 11.8 Å².